The lowest BCUT2D eigenvalue weighted by atomic mass is 10.2. The molecular formula is C18H14N6OS. The summed E-state index contributed by atoms with van der Waals surface area (Å²) in [5.74, 6) is 0.805. The second-order valence-electron chi connectivity index (χ2n) is 5.49. The molecule has 1 aromatic carbocycles. The van der Waals surface area contributed by atoms with Crippen molar-refractivity contribution in [3.05, 3.63) is 72.0 Å². The number of hydrogen-bond acceptors (Lipinski definition) is 6. The van der Waals surface area contributed by atoms with Crippen LogP contribution >= 0.6 is 11.3 Å². The number of rotatable bonds is 4. The van der Waals surface area contributed by atoms with E-state index in [1.165, 1.54) is 17.7 Å². The summed E-state index contributed by atoms with van der Waals surface area (Å²) in [6.45, 7) is 1.83. The lowest BCUT2D eigenvalue weighted by Crippen LogP contribution is -2.13. The molecule has 0 spiro atoms. The molecule has 3 aromatic heterocycles. The normalized spacial score (nSPS) is 10.7. The minimum Gasteiger partial charge on any atom is -0.306 e. The van der Waals surface area contributed by atoms with Crippen molar-refractivity contribution in [1.82, 2.24) is 24.5 Å². The fourth-order valence-corrected chi connectivity index (χ4v) is 3.40. The van der Waals surface area contributed by atoms with E-state index in [1.807, 2.05) is 37.3 Å². The van der Waals surface area contributed by atoms with Crippen LogP contribution < -0.4 is 5.32 Å². The lowest BCUT2D eigenvalue weighted by Gasteiger charge is -2.05. The highest BCUT2D eigenvalue weighted by Gasteiger charge is 2.17. The summed E-state index contributed by atoms with van der Waals surface area (Å²) in [7, 11) is 0. The van der Waals surface area contributed by atoms with Gasteiger partial charge in [0.25, 0.3) is 5.91 Å². The molecule has 1 N–H and O–H groups in total. The Morgan fingerprint density at radius 3 is 2.81 bits per heavy atom. The number of nitrogens with one attached hydrogen (secondary N) is 1. The molecule has 0 radical (unpaired) electrons. The Labute approximate surface area is 153 Å². The Kier molecular flexibility index (Phi) is 4.24. The standard InChI is InChI=1S/C18H14N6OS/c1-12-16(26-18(22-12)13-5-3-2-4-6-13)17(25)23-14-9-15(21-10-20-14)24-8-7-19-11-24/h2-11H,1H3,(H,20,21,23,25). The molecule has 0 saturated carbocycles. The SMILES string of the molecule is Cc1nc(-c2ccccc2)sc1C(=O)Nc1cc(-n2ccnc2)ncn1. The van der Waals surface area contributed by atoms with Crippen molar-refractivity contribution in [1.29, 1.82) is 0 Å². The molecule has 3 heterocycles. The van der Waals surface area contributed by atoms with Gasteiger partial charge in [0, 0.05) is 24.0 Å². The van der Waals surface area contributed by atoms with Gasteiger partial charge in [0.1, 0.15) is 34.2 Å². The summed E-state index contributed by atoms with van der Waals surface area (Å²) in [6.07, 6.45) is 6.47. The number of aromatic nitrogens is 5. The monoisotopic (exact) mass is 362 g/mol. The summed E-state index contributed by atoms with van der Waals surface area (Å²) in [5.41, 5.74) is 1.68. The predicted molar refractivity (Wildman–Crippen MR) is 99.4 cm³/mol. The van der Waals surface area contributed by atoms with Crippen LogP contribution in [0.4, 0.5) is 5.82 Å². The third-order valence-corrected chi connectivity index (χ3v) is 4.89. The number of hydrogen-bond donors (Lipinski definition) is 1. The number of amides is 1. The van der Waals surface area contributed by atoms with Gasteiger partial charge >= 0.3 is 0 Å². The molecule has 7 nitrogen and oxygen atoms in total. The number of nitrogens with zero attached hydrogens (tertiary/aromatic N) is 5. The van der Waals surface area contributed by atoms with E-state index in [9.17, 15) is 4.79 Å². The van der Waals surface area contributed by atoms with Gasteiger partial charge in [-0.2, -0.15) is 0 Å². The Morgan fingerprint density at radius 1 is 1.19 bits per heavy atom. The van der Waals surface area contributed by atoms with Crippen LogP contribution in [0.3, 0.4) is 0 Å². The Morgan fingerprint density at radius 2 is 2.04 bits per heavy atom. The second kappa shape index (κ2) is 6.85. The molecule has 0 atom stereocenters. The van der Waals surface area contributed by atoms with Crippen molar-refractivity contribution in [2.75, 3.05) is 5.32 Å². The lowest BCUT2D eigenvalue weighted by molar-refractivity contribution is 0.102. The summed E-state index contributed by atoms with van der Waals surface area (Å²) >= 11 is 1.36. The number of carbonyl (C=O) groups excluding carboxylic acids is 1. The molecule has 26 heavy (non-hydrogen) atoms. The Hall–Kier alpha value is -3.39. The topological polar surface area (TPSA) is 85.6 Å². The van der Waals surface area contributed by atoms with Crippen LogP contribution in [0.1, 0.15) is 15.4 Å². The van der Waals surface area contributed by atoms with Crippen LogP contribution in [0, 0.1) is 6.92 Å². The van der Waals surface area contributed by atoms with E-state index in [2.05, 4.69) is 25.3 Å². The Balaban J connectivity index is 1.58. The van der Waals surface area contributed by atoms with Gasteiger partial charge in [0.15, 0.2) is 0 Å². The minimum atomic E-state index is -0.238. The van der Waals surface area contributed by atoms with Gasteiger partial charge in [-0.05, 0) is 6.92 Å². The van der Waals surface area contributed by atoms with E-state index in [4.69, 9.17) is 0 Å². The summed E-state index contributed by atoms with van der Waals surface area (Å²) in [5, 5.41) is 3.63. The highest BCUT2D eigenvalue weighted by atomic mass is 32.1. The molecule has 128 valence electrons. The maximum Gasteiger partial charge on any atom is 0.268 e. The number of aryl methyl sites for hydroxylation is 1. The van der Waals surface area contributed by atoms with E-state index in [0.717, 1.165) is 10.6 Å². The molecule has 0 unspecified atom stereocenters. The largest absolute Gasteiger partial charge is 0.306 e. The van der Waals surface area contributed by atoms with E-state index in [1.54, 1.807) is 29.4 Å². The first-order chi connectivity index (χ1) is 12.7. The third kappa shape index (κ3) is 3.22. The fraction of sp³-hybridized carbons (Fsp3) is 0.0556. The molecule has 8 heteroatoms. The average molecular weight is 362 g/mol. The minimum absolute atomic E-state index is 0.238. The quantitative estimate of drug-likeness (QED) is 0.602. The van der Waals surface area contributed by atoms with Crippen molar-refractivity contribution < 1.29 is 4.79 Å². The maximum absolute atomic E-state index is 12.7. The smallest absolute Gasteiger partial charge is 0.268 e. The van der Waals surface area contributed by atoms with E-state index in [0.29, 0.717) is 22.2 Å². The highest BCUT2D eigenvalue weighted by Crippen LogP contribution is 2.28. The highest BCUT2D eigenvalue weighted by molar-refractivity contribution is 7.17. The van der Waals surface area contributed by atoms with Crippen molar-refractivity contribution in [2.24, 2.45) is 0 Å². The van der Waals surface area contributed by atoms with Gasteiger partial charge in [0.05, 0.1) is 5.69 Å². The first kappa shape index (κ1) is 16.1. The zero-order chi connectivity index (χ0) is 17.9. The first-order valence-electron chi connectivity index (χ1n) is 7.85. The van der Waals surface area contributed by atoms with Gasteiger partial charge in [-0.15, -0.1) is 11.3 Å². The third-order valence-electron chi connectivity index (χ3n) is 3.69. The second-order valence-corrected chi connectivity index (χ2v) is 6.48. The summed E-state index contributed by atoms with van der Waals surface area (Å²) in [4.78, 5) is 30.0. The number of thiazole rings is 1. The van der Waals surface area contributed by atoms with Gasteiger partial charge in [-0.25, -0.2) is 19.9 Å². The maximum atomic E-state index is 12.7. The number of benzene rings is 1. The molecule has 4 aromatic rings. The van der Waals surface area contributed by atoms with E-state index < -0.39 is 0 Å². The van der Waals surface area contributed by atoms with Crippen LogP contribution in [0.25, 0.3) is 16.4 Å². The molecule has 0 aliphatic carbocycles. The van der Waals surface area contributed by atoms with Crippen molar-refractivity contribution in [3.63, 3.8) is 0 Å². The number of anilines is 1. The zero-order valence-electron chi connectivity index (χ0n) is 13.8. The van der Waals surface area contributed by atoms with Crippen LogP contribution in [-0.2, 0) is 0 Å². The van der Waals surface area contributed by atoms with E-state index in [-0.39, 0.29) is 5.91 Å². The molecule has 0 bridgehead atoms. The van der Waals surface area contributed by atoms with Crippen molar-refractivity contribution >= 4 is 23.1 Å². The first-order valence-corrected chi connectivity index (χ1v) is 8.67. The molecule has 0 aliphatic heterocycles. The van der Waals surface area contributed by atoms with Crippen LogP contribution in [0.15, 0.2) is 61.4 Å². The van der Waals surface area contributed by atoms with Gasteiger partial charge in [-0.1, -0.05) is 30.3 Å². The molecule has 0 saturated heterocycles. The summed E-state index contributed by atoms with van der Waals surface area (Å²) in [6, 6.07) is 11.5. The molecule has 0 fully saturated rings. The average Bonchev–Trinajstić information content (AvgIpc) is 3.32. The van der Waals surface area contributed by atoms with Crippen LogP contribution in [-0.4, -0.2) is 30.4 Å². The number of carbonyl (C=O) groups is 1. The van der Waals surface area contributed by atoms with Crippen LogP contribution in [0.2, 0.25) is 0 Å². The van der Waals surface area contributed by atoms with Crippen molar-refractivity contribution in [3.8, 4) is 16.4 Å². The van der Waals surface area contributed by atoms with Gasteiger partial charge < -0.3 is 5.32 Å². The molecule has 4 rings (SSSR count). The zero-order valence-corrected chi connectivity index (χ0v) is 14.6. The van der Waals surface area contributed by atoms with Gasteiger partial charge in [-0.3, -0.25) is 9.36 Å². The van der Waals surface area contributed by atoms with Gasteiger partial charge in [0.2, 0.25) is 0 Å². The molecule has 1 amide bonds. The molecular weight excluding hydrogens is 348 g/mol. The Bertz CT molecular complexity index is 1040. The van der Waals surface area contributed by atoms with Crippen LogP contribution in [0.5, 0.6) is 0 Å². The predicted octanol–water partition coefficient (Wildman–Crippen LogP) is 3.35. The van der Waals surface area contributed by atoms with Crippen molar-refractivity contribution in [2.45, 2.75) is 6.92 Å². The summed E-state index contributed by atoms with van der Waals surface area (Å²) < 4.78 is 1.74. The fourth-order valence-electron chi connectivity index (χ4n) is 2.44. The number of imidazole rings is 1. The molecule has 0 aliphatic rings. The van der Waals surface area contributed by atoms with E-state index >= 15 is 0 Å².